The van der Waals surface area contributed by atoms with E-state index in [1.54, 1.807) is 18.4 Å². The summed E-state index contributed by atoms with van der Waals surface area (Å²) >= 11 is 1.58. The first-order valence-corrected chi connectivity index (χ1v) is 15.5. The van der Waals surface area contributed by atoms with Gasteiger partial charge in [0.05, 0.1) is 21.1 Å². The smallest absolute Gasteiger partial charge is 0.224 e. The van der Waals surface area contributed by atoms with Crippen LogP contribution in [0.2, 0.25) is 0 Å². The highest BCUT2D eigenvalue weighted by Gasteiger charge is 2.30. The quantitative estimate of drug-likeness (QED) is 0.292. The Labute approximate surface area is 242 Å². The van der Waals surface area contributed by atoms with Crippen molar-refractivity contribution in [3.63, 3.8) is 0 Å². The lowest BCUT2D eigenvalue weighted by Gasteiger charge is -2.32. The van der Waals surface area contributed by atoms with Gasteiger partial charge in [-0.15, -0.1) is 11.3 Å². The molecule has 220 valence electrons. The Morgan fingerprint density at radius 3 is 2.55 bits per heavy atom. The van der Waals surface area contributed by atoms with Crippen molar-refractivity contribution >= 4 is 39.2 Å². The first kappa shape index (κ1) is 31.9. The molecule has 40 heavy (non-hydrogen) atoms. The van der Waals surface area contributed by atoms with Gasteiger partial charge in [0.2, 0.25) is 11.8 Å². The average Bonchev–Trinajstić information content (AvgIpc) is 3.38. The zero-order chi connectivity index (χ0) is 29.1. The summed E-state index contributed by atoms with van der Waals surface area (Å²) in [4.78, 5) is 46.0. The van der Waals surface area contributed by atoms with Gasteiger partial charge in [0.1, 0.15) is 0 Å². The standard InChI is InChI=1S/C31H46N4O4S/c1-6-22-9-10-26-28(17-22)40-30(33-26)19-24(18-29(37)32-5)31(38)34-25(23-13-15-39-16-14-23)11-12-27(36)21(4)20-35(7-2)8-3/h9-10,17,23-25H,4,6-8,11-16,18-20H2,1-3,5H3,(H,32,37)(H,34,38)/t24-,25+/m0/s1. The van der Waals surface area contributed by atoms with Crippen molar-refractivity contribution in [1.29, 1.82) is 0 Å². The summed E-state index contributed by atoms with van der Waals surface area (Å²) in [6.45, 7) is 13.9. The Morgan fingerprint density at radius 1 is 1.18 bits per heavy atom. The van der Waals surface area contributed by atoms with Crippen molar-refractivity contribution in [3.8, 4) is 0 Å². The summed E-state index contributed by atoms with van der Waals surface area (Å²) in [6.07, 6.45) is 3.96. The Balaban J connectivity index is 1.73. The number of hydrogen-bond donors (Lipinski definition) is 2. The van der Waals surface area contributed by atoms with E-state index in [2.05, 4.69) is 55.0 Å². The van der Waals surface area contributed by atoms with Crippen LogP contribution in [0.3, 0.4) is 0 Å². The first-order chi connectivity index (χ1) is 19.3. The maximum atomic E-state index is 13.7. The maximum absolute atomic E-state index is 13.7. The molecule has 8 nitrogen and oxygen atoms in total. The minimum Gasteiger partial charge on any atom is -0.381 e. The number of benzene rings is 1. The molecule has 1 aliphatic heterocycles. The number of thiazole rings is 1. The number of nitrogens with zero attached hydrogens (tertiary/aromatic N) is 2. The number of carbonyl (C=O) groups is 3. The van der Waals surface area contributed by atoms with Crippen molar-refractivity contribution in [1.82, 2.24) is 20.5 Å². The monoisotopic (exact) mass is 570 g/mol. The van der Waals surface area contributed by atoms with Gasteiger partial charge in [0.15, 0.2) is 5.78 Å². The van der Waals surface area contributed by atoms with Crippen LogP contribution in [0.5, 0.6) is 0 Å². The van der Waals surface area contributed by atoms with E-state index in [1.807, 2.05) is 6.07 Å². The van der Waals surface area contributed by atoms with Crippen molar-refractivity contribution in [2.45, 2.75) is 71.8 Å². The third kappa shape index (κ3) is 9.21. The molecule has 0 radical (unpaired) electrons. The molecule has 0 spiro atoms. The fraction of sp³-hybridized carbons (Fsp3) is 0.613. The van der Waals surface area contributed by atoms with Crippen LogP contribution in [0.1, 0.15) is 63.4 Å². The summed E-state index contributed by atoms with van der Waals surface area (Å²) in [5.41, 5.74) is 2.77. The molecule has 1 fully saturated rings. The minimum absolute atomic E-state index is 0.0426. The number of rotatable bonds is 16. The third-order valence-electron chi connectivity index (χ3n) is 7.96. The Hall–Kier alpha value is -2.62. The molecule has 2 amide bonds. The number of likely N-dealkylation sites (N-methyl/N-ethyl adjacent to an activating group) is 1. The van der Waals surface area contributed by atoms with E-state index >= 15 is 0 Å². The molecule has 0 saturated carbocycles. The number of carbonyl (C=O) groups excluding carboxylic acids is 3. The van der Waals surface area contributed by atoms with E-state index in [-0.39, 0.29) is 36.0 Å². The SMILES string of the molecule is C=C(CN(CC)CC)C(=O)CC[C@@H](NC(=O)[C@@H](CC(=O)NC)Cc1nc2ccc(CC)cc2s1)C1CCOCC1. The number of hydrogen-bond acceptors (Lipinski definition) is 7. The fourth-order valence-electron chi connectivity index (χ4n) is 5.23. The van der Waals surface area contributed by atoms with E-state index in [9.17, 15) is 14.4 Å². The number of Topliss-reactive ketones (excluding diaryl/α,β-unsaturated/α-hetero) is 1. The lowest BCUT2D eigenvalue weighted by atomic mass is 9.87. The minimum atomic E-state index is -0.554. The Morgan fingerprint density at radius 2 is 1.90 bits per heavy atom. The summed E-state index contributed by atoms with van der Waals surface area (Å²) in [5.74, 6) is -0.636. The average molecular weight is 571 g/mol. The van der Waals surface area contributed by atoms with Gasteiger partial charge in [0.25, 0.3) is 0 Å². The van der Waals surface area contributed by atoms with Crippen LogP contribution in [0.4, 0.5) is 0 Å². The lowest BCUT2D eigenvalue weighted by Crippen LogP contribution is -2.46. The van der Waals surface area contributed by atoms with Crippen molar-refractivity contribution in [3.05, 3.63) is 40.9 Å². The molecule has 3 rings (SSSR count). The second-order valence-corrected chi connectivity index (χ2v) is 11.7. The molecule has 0 unspecified atom stereocenters. The number of amides is 2. The summed E-state index contributed by atoms with van der Waals surface area (Å²) in [6, 6.07) is 6.08. The summed E-state index contributed by atoms with van der Waals surface area (Å²) in [5, 5.41) is 6.76. The van der Waals surface area contributed by atoms with E-state index in [4.69, 9.17) is 9.72 Å². The molecule has 9 heteroatoms. The molecule has 1 aliphatic rings. The number of ether oxygens (including phenoxy) is 1. The van der Waals surface area contributed by atoms with Crippen molar-refractivity contribution in [2.75, 3.05) is 39.9 Å². The molecule has 2 atom stereocenters. The van der Waals surface area contributed by atoms with Crippen molar-refractivity contribution in [2.24, 2.45) is 11.8 Å². The number of aryl methyl sites for hydroxylation is 1. The number of nitrogens with one attached hydrogen (secondary N) is 2. The van der Waals surface area contributed by atoms with Crippen LogP contribution >= 0.6 is 11.3 Å². The molecule has 0 aliphatic carbocycles. The molecule has 0 bridgehead atoms. The van der Waals surface area contributed by atoms with Crippen LogP contribution < -0.4 is 10.6 Å². The van der Waals surface area contributed by atoms with Crippen LogP contribution in [0.15, 0.2) is 30.4 Å². The maximum Gasteiger partial charge on any atom is 0.224 e. The van der Waals surface area contributed by atoms with Crippen LogP contribution in [-0.4, -0.2) is 73.4 Å². The predicted molar refractivity (Wildman–Crippen MR) is 162 cm³/mol. The largest absolute Gasteiger partial charge is 0.381 e. The summed E-state index contributed by atoms with van der Waals surface area (Å²) < 4.78 is 6.66. The van der Waals surface area contributed by atoms with E-state index in [0.717, 1.165) is 47.6 Å². The highest BCUT2D eigenvalue weighted by Crippen LogP contribution is 2.27. The highest BCUT2D eigenvalue weighted by molar-refractivity contribution is 7.18. The van der Waals surface area contributed by atoms with Gasteiger partial charge >= 0.3 is 0 Å². The van der Waals surface area contributed by atoms with Gasteiger partial charge in [-0.2, -0.15) is 0 Å². The van der Waals surface area contributed by atoms with Crippen molar-refractivity contribution < 1.29 is 19.1 Å². The van der Waals surface area contributed by atoms with Crippen LogP contribution in [0.25, 0.3) is 10.2 Å². The first-order valence-electron chi connectivity index (χ1n) is 14.7. The molecule has 1 aromatic heterocycles. The fourth-order valence-corrected chi connectivity index (χ4v) is 6.34. The molecule has 2 heterocycles. The van der Waals surface area contributed by atoms with Gasteiger partial charge in [0, 0.05) is 57.7 Å². The Bertz CT molecular complexity index is 1150. The summed E-state index contributed by atoms with van der Waals surface area (Å²) in [7, 11) is 1.59. The van der Waals surface area contributed by atoms with Crippen LogP contribution in [0, 0.1) is 11.8 Å². The van der Waals surface area contributed by atoms with E-state index < -0.39 is 5.92 Å². The van der Waals surface area contributed by atoms with Gasteiger partial charge in [-0.3, -0.25) is 19.3 Å². The number of fused-ring (bicyclic) bond motifs is 1. The molecule has 1 saturated heterocycles. The highest BCUT2D eigenvalue weighted by atomic mass is 32.1. The van der Waals surface area contributed by atoms with Gasteiger partial charge in [-0.1, -0.05) is 33.4 Å². The Kier molecular flexibility index (Phi) is 12.7. The zero-order valence-corrected chi connectivity index (χ0v) is 25.4. The molecule has 2 aromatic rings. The van der Waals surface area contributed by atoms with Gasteiger partial charge < -0.3 is 15.4 Å². The lowest BCUT2D eigenvalue weighted by molar-refractivity contribution is -0.131. The normalized spacial score (nSPS) is 15.6. The topological polar surface area (TPSA) is 101 Å². The van der Waals surface area contributed by atoms with Gasteiger partial charge in [-0.05, 0) is 62.4 Å². The third-order valence-corrected chi connectivity index (χ3v) is 9.00. The van der Waals surface area contributed by atoms with Crippen LogP contribution in [-0.2, 0) is 32.0 Å². The second kappa shape index (κ2) is 16.0. The number of ketones is 1. The second-order valence-electron chi connectivity index (χ2n) is 10.6. The molecular formula is C31H46N4O4S. The number of aromatic nitrogens is 1. The van der Waals surface area contributed by atoms with E-state index in [0.29, 0.717) is 44.6 Å². The molecule has 2 N–H and O–H groups in total. The zero-order valence-electron chi connectivity index (χ0n) is 24.6. The van der Waals surface area contributed by atoms with E-state index in [1.165, 1.54) is 5.56 Å². The predicted octanol–water partition coefficient (Wildman–Crippen LogP) is 4.31. The molecule has 1 aromatic carbocycles. The van der Waals surface area contributed by atoms with Gasteiger partial charge in [-0.25, -0.2) is 4.98 Å². The molecular weight excluding hydrogens is 524 g/mol.